The number of para-hydroxylation sites is 4. The summed E-state index contributed by atoms with van der Waals surface area (Å²) in [5, 5.41) is 4.84. The molecule has 0 N–H and O–H groups in total. The van der Waals surface area contributed by atoms with Gasteiger partial charge in [-0.25, -0.2) is 0 Å². The maximum Gasteiger partial charge on any atom is 0.333 e. The number of anilines is 3. The van der Waals surface area contributed by atoms with E-state index in [0.717, 1.165) is 27.5 Å². The van der Waals surface area contributed by atoms with E-state index in [9.17, 15) is 0 Å². The van der Waals surface area contributed by atoms with E-state index in [4.69, 9.17) is 4.42 Å². The maximum atomic E-state index is 6.79. The van der Waals surface area contributed by atoms with Gasteiger partial charge in [0.05, 0.1) is 16.6 Å². The second-order valence-electron chi connectivity index (χ2n) is 14.7. The predicted octanol–water partition coefficient (Wildman–Crippen LogP) is 10.8. The van der Waals surface area contributed by atoms with Crippen LogP contribution in [0.5, 0.6) is 0 Å². The summed E-state index contributed by atoms with van der Waals surface area (Å²) < 4.78 is 9.42. The van der Waals surface area contributed by atoms with E-state index in [-0.39, 0.29) is 6.85 Å². The predicted molar refractivity (Wildman–Crippen MR) is 219 cm³/mol. The highest BCUT2D eigenvalue weighted by molar-refractivity contribution is 6.90. The summed E-state index contributed by atoms with van der Waals surface area (Å²) in [6.07, 6.45) is 0. The van der Waals surface area contributed by atoms with Crippen LogP contribution in [0, 0.1) is 0 Å². The van der Waals surface area contributed by atoms with Gasteiger partial charge in [0.1, 0.15) is 5.58 Å². The van der Waals surface area contributed by atoms with Crippen LogP contribution in [0.25, 0.3) is 54.9 Å². The van der Waals surface area contributed by atoms with Crippen molar-refractivity contribution < 1.29 is 4.42 Å². The van der Waals surface area contributed by atoms with Gasteiger partial charge in [-0.15, -0.1) is 0 Å². The van der Waals surface area contributed by atoms with Crippen LogP contribution in [-0.2, 0) is 5.41 Å². The van der Waals surface area contributed by atoms with Gasteiger partial charge in [0.25, 0.3) is 0 Å². The van der Waals surface area contributed by atoms with Gasteiger partial charge in [-0.05, 0) is 79.8 Å². The fourth-order valence-corrected chi connectivity index (χ4v) is 10.5. The summed E-state index contributed by atoms with van der Waals surface area (Å²) in [6.45, 7) is -0.0822. The van der Waals surface area contributed by atoms with Crippen LogP contribution in [0.15, 0.2) is 180 Å². The Kier molecular flexibility index (Phi) is 5.13. The van der Waals surface area contributed by atoms with Crippen molar-refractivity contribution in [3.63, 3.8) is 0 Å². The lowest BCUT2D eigenvalue weighted by molar-refractivity contribution is 0.673. The number of hydrogen-bond donors (Lipinski definition) is 0. The van der Waals surface area contributed by atoms with Gasteiger partial charge >= 0.3 is 6.85 Å². The molecule has 10 aromatic rings. The summed E-state index contributed by atoms with van der Waals surface area (Å²) in [5.74, 6) is 0. The third-order valence-electron chi connectivity index (χ3n) is 12.4. The van der Waals surface area contributed by atoms with Gasteiger partial charge in [-0.2, -0.15) is 0 Å². The molecule has 5 heterocycles. The number of benzene rings is 8. The zero-order valence-corrected chi connectivity index (χ0v) is 28.6. The largest absolute Gasteiger partial charge is 0.454 e. The lowest BCUT2D eigenvalue weighted by atomic mass is 9.43. The number of nitrogens with zero attached hydrogens (tertiary/aromatic N) is 2. The van der Waals surface area contributed by atoms with Gasteiger partial charge in [-0.3, -0.25) is 0 Å². The van der Waals surface area contributed by atoms with Crippen LogP contribution >= 0.6 is 0 Å². The molecule has 244 valence electrons. The molecule has 0 unspecified atom stereocenters. The van der Waals surface area contributed by atoms with Crippen molar-refractivity contribution >= 4 is 78.6 Å². The molecule has 0 saturated carbocycles. The molecule has 0 radical (unpaired) electrons. The molecule has 53 heavy (non-hydrogen) atoms. The van der Waals surface area contributed by atoms with Crippen LogP contribution in [0.1, 0.15) is 22.3 Å². The van der Waals surface area contributed by atoms with E-state index < -0.39 is 5.41 Å². The van der Waals surface area contributed by atoms with Crippen LogP contribution in [0.3, 0.4) is 0 Å². The van der Waals surface area contributed by atoms with Gasteiger partial charge in [0.15, 0.2) is 5.58 Å². The first-order chi connectivity index (χ1) is 26.3. The minimum atomic E-state index is -0.547. The molecule has 2 aromatic heterocycles. The Morgan fingerprint density at radius 3 is 2.00 bits per heavy atom. The number of furan rings is 1. The molecular weight excluding hydrogens is 643 g/mol. The highest BCUT2D eigenvalue weighted by Crippen LogP contribution is 2.59. The first-order valence-electron chi connectivity index (χ1n) is 18.5. The van der Waals surface area contributed by atoms with Crippen molar-refractivity contribution in [3.8, 4) is 11.1 Å². The molecular formula is C49H29BN2O. The zero-order valence-electron chi connectivity index (χ0n) is 28.6. The van der Waals surface area contributed by atoms with Crippen LogP contribution < -0.4 is 15.8 Å². The molecule has 3 nitrogen and oxygen atoms in total. The van der Waals surface area contributed by atoms with Gasteiger partial charge in [0.2, 0.25) is 0 Å². The smallest absolute Gasteiger partial charge is 0.333 e. The topological polar surface area (TPSA) is 21.3 Å². The average Bonchev–Trinajstić information content (AvgIpc) is 3.76. The standard InChI is InChI=1S/C49H29BN2O/c1-3-16-31(17-4-1)49(32-18-5-2-6-19-32)37-24-10-11-27-40(37)51-41-29-30-15-7-8-20-33(30)43-35-22-13-23-36-45(35)52(46-34-21-9-12-28-42(34)53-48(36)46)50(44(41)43)39-26-14-25-38(49)47(39)51/h1-29H. The molecule has 0 aliphatic carbocycles. The van der Waals surface area contributed by atoms with Crippen LogP contribution in [0.2, 0.25) is 0 Å². The highest BCUT2D eigenvalue weighted by atomic mass is 16.3. The molecule has 0 atom stereocenters. The van der Waals surface area contributed by atoms with Gasteiger partial charge in [0, 0.05) is 33.2 Å². The molecule has 0 spiro atoms. The van der Waals surface area contributed by atoms with Gasteiger partial charge < -0.3 is 13.8 Å². The van der Waals surface area contributed by atoms with E-state index >= 15 is 0 Å². The summed E-state index contributed by atoms with van der Waals surface area (Å²) in [7, 11) is 0. The van der Waals surface area contributed by atoms with E-state index in [1.807, 2.05) is 0 Å². The van der Waals surface area contributed by atoms with E-state index in [0.29, 0.717) is 0 Å². The molecule has 3 aliphatic heterocycles. The monoisotopic (exact) mass is 672 g/mol. The molecule has 3 aliphatic rings. The van der Waals surface area contributed by atoms with Gasteiger partial charge in [-0.1, -0.05) is 146 Å². The number of hydrogen-bond acceptors (Lipinski definition) is 2. The van der Waals surface area contributed by atoms with Crippen molar-refractivity contribution in [3.05, 3.63) is 198 Å². The van der Waals surface area contributed by atoms with E-state index in [1.54, 1.807) is 0 Å². The minimum absolute atomic E-state index is 0.0822. The first kappa shape index (κ1) is 27.9. The van der Waals surface area contributed by atoms with E-state index in [2.05, 4.69) is 185 Å². The molecule has 0 fully saturated rings. The fourth-order valence-electron chi connectivity index (χ4n) is 10.5. The van der Waals surface area contributed by atoms with Crippen molar-refractivity contribution in [2.24, 2.45) is 0 Å². The summed E-state index contributed by atoms with van der Waals surface area (Å²) in [5.41, 5.74) is 17.8. The third-order valence-corrected chi connectivity index (χ3v) is 12.4. The second-order valence-corrected chi connectivity index (χ2v) is 14.7. The van der Waals surface area contributed by atoms with Crippen molar-refractivity contribution in [1.82, 2.24) is 4.48 Å². The Labute approximate surface area is 306 Å². The maximum absolute atomic E-state index is 6.79. The molecule has 4 heteroatoms. The van der Waals surface area contributed by atoms with Crippen LogP contribution in [-0.4, -0.2) is 11.3 Å². The Balaban J connectivity index is 1.27. The molecule has 13 rings (SSSR count). The Bertz CT molecular complexity index is 3150. The molecule has 8 aromatic carbocycles. The summed E-state index contributed by atoms with van der Waals surface area (Å²) >= 11 is 0. The zero-order chi connectivity index (χ0) is 34.4. The number of rotatable bonds is 2. The number of fused-ring (bicyclic) bond motifs is 13. The van der Waals surface area contributed by atoms with E-state index in [1.165, 1.54) is 77.7 Å². The fraction of sp³-hybridized carbons (Fsp3) is 0.0204. The summed E-state index contributed by atoms with van der Waals surface area (Å²) in [4.78, 5) is 2.60. The number of aromatic nitrogens is 1. The highest BCUT2D eigenvalue weighted by Gasteiger charge is 2.52. The third kappa shape index (κ3) is 3.21. The Hall–Kier alpha value is -6.78. The summed E-state index contributed by atoms with van der Waals surface area (Å²) in [6, 6.07) is 65.2. The molecule has 0 bridgehead atoms. The Morgan fingerprint density at radius 2 is 1.17 bits per heavy atom. The average molecular weight is 673 g/mol. The first-order valence-corrected chi connectivity index (χ1v) is 18.5. The normalized spacial score (nSPS) is 14.5. The molecule has 0 saturated heterocycles. The second kappa shape index (κ2) is 9.75. The van der Waals surface area contributed by atoms with Crippen molar-refractivity contribution in [2.45, 2.75) is 5.41 Å². The van der Waals surface area contributed by atoms with Crippen molar-refractivity contribution in [1.29, 1.82) is 0 Å². The molecule has 0 amide bonds. The van der Waals surface area contributed by atoms with Crippen molar-refractivity contribution in [2.75, 3.05) is 4.90 Å². The lowest BCUT2D eigenvalue weighted by Gasteiger charge is -2.50. The lowest BCUT2D eigenvalue weighted by Crippen LogP contribution is -2.58. The quantitative estimate of drug-likeness (QED) is 0.171. The minimum Gasteiger partial charge on any atom is -0.454 e. The van der Waals surface area contributed by atoms with Crippen LogP contribution in [0.4, 0.5) is 17.1 Å². The SMILES string of the molecule is c1ccc(C2(c3ccccc3)c3ccccc3N3c4cc5ccccc5c5c4B(c4cccc2c43)n2c3c-5cccc3c3oc4ccccc4c32)cc1. The Morgan fingerprint density at radius 1 is 0.509 bits per heavy atom.